The van der Waals surface area contributed by atoms with Crippen LogP contribution in [0.2, 0.25) is 0 Å². The quantitative estimate of drug-likeness (QED) is 0.724. The Labute approximate surface area is 156 Å². The summed E-state index contributed by atoms with van der Waals surface area (Å²) in [7, 11) is 2.07. The molecule has 0 amide bonds. The van der Waals surface area contributed by atoms with Crippen LogP contribution in [-0.2, 0) is 16.0 Å². The first-order valence-electron chi connectivity index (χ1n) is 10.1. The third-order valence-corrected chi connectivity index (χ3v) is 5.94. The van der Waals surface area contributed by atoms with Gasteiger partial charge in [-0.1, -0.05) is 12.1 Å². The maximum atomic E-state index is 12.7. The normalized spacial score (nSPS) is 28.2. The molecule has 2 aliphatic heterocycles. The molecule has 2 fully saturated rings. The number of carbonyl (C=O) groups is 1. The molecule has 6 heteroatoms. The molecular weight excluding hydrogens is 330 g/mol. The molecule has 1 aromatic heterocycles. The van der Waals surface area contributed by atoms with Gasteiger partial charge in [0.25, 0.3) is 0 Å². The van der Waals surface area contributed by atoms with E-state index in [0.29, 0.717) is 18.9 Å². The van der Waals surface area contributed by atoms with E-state index in [-0.39, 0.29) is 5.97 Å². The van der Waals surface area contributed by atoms with Gasteiger partial charge in [-0.25, -0.2) is 0 Å². The lowest BCUT2D eigenvalue weighted by molar-refractivity contribution is -0.159. The van der Waals surface area contributed by atoms with Gasteiger partial charge in [-0.05, 0) is 59.3 Å². The first-order chi connectivity index (χ1) is 12.6. The second-order valence-corrected chi connectivity index (χ2v) is 7.97. The van der Waals surface area contributed by atoms with Gasteiger partial charge in [0.1, 0.15) is 5.76 Å². The highest BCUT2D eigenvalue weighted by atomic mass is 16.5. The van der Waals surface area contributed by atoms with Gasteiger partial charge in [-0.2, -0.15) is 0 Å². The summed E-state index contributed by atoms with van der Waals surface area (Å²) in [5, 5.41) is 4.36. The number of carbonyl (C=O) groups excluding carboxylic acids is 1. The predicted molar refractivity (Wildman–Crippen MR) is 100 cm³/mol. The Balaban J connectivity index is 1.73. The monoisotopic (exact) mass is 363 g/mol. The molecule has 2 saturated heterocycles. The number of aromatic nitrogens is 1. The standard InChI is InChI=1S/C20H33N3O3/c1-4-23-11-6-8-16(14-23)18-12-17(26-21-18)13-20(19(24)25-5-2)9-7-10-22(3)15-20/h12,16H,4-11,13-15H2,1-3H3/t16-,20-/m1/s1. The van der Waals surface area contributed by atoms with E-state index in [1.807, 2.05) is 6.92 Å². The van der Waals surface area contributed by atoms with E-state index >= 15 is 0 Å². The Morgan fingerprint density at radius 2 is 2.23 bits per heavy atom. The van der Waals surface area contributed by atoms with E-state index in [1.165, 1.54) is 13.0 Å². The van der Waals surface area contributed by atoms with Gasteiger partial charge >= 0.3 is 5.97 Å². The van der Waals surface area contributed by atoms with Crippen molar-refractivity contribution in [3.63, 3.8) is 0 Å². The smallest absolute Gasteiger partial charge is 0.313 e. The van der Waals surface area contributed by atoms with Gasteiger partial charge in [-0.3, -0.25) is 4.79 Å². The minimum atomic E-state index is -0.512. The molecule has 1 aromatic rings. The lowest BCUT2D eigenvalue weighted by Crippen LogP contribution is -2.48. The number of rotatable bonds is 6. The van der Waals surface area contributed by atoms with Crippen LogP contribution in [0.1, 0.15) is 56.9 Å². The zero-order chi connectivity index (χ0) is 18.6. The molecular formula is C20H33N3O3. The van der Waals surface area contributed by atoms with Crippen molar-refractivity contribution in [3.05, 3.63) is 17.5 Å². The van der Waals surface area contributed by atoms with E-state index in [0.717, 1.165) is 56.9 Å². The third-order valence-electron chi connectivity index (χ3n) is 5.94. The Morgan fingerprint density at radius 3 is 2.96 bits per heavy atom. The molecule has 26 heavy (non-hydrogen) atoms. The van der Waals surface area contributed by atoms with Crippen LogP contribution in [0.25, 0.3) is 0 Å². The van der Waals surface area contributed by atoms with Crippen LogP contribution in [0.15, 0.2) is 10.6 Å². The van der Waals surface area contributed by atoms with E-state index < -0.39 is 5.41 Å². The SMILES string of the molecule is CCOC(=O)[C@@]1(Cc2cc([C@@H]3CCCN(CC)C3)no2)CCCN(C)C1. The summed E-state index contributed by atoms with van der Waals surface area (Å²) in [5.41, 5.74) is 0.531. The van der Waals surface area contributed by atoms with Crippen molar-refractivity contribution in [2.75, 3.05) is 46.4 Å². The molecule has 6 nitrogen and oxygen atoms in total. The molecule has 0 saturated carbocycles. The van der Waals surface area contributed by atoms with Crippen LogP contribution in [-0.4, -0.2) is 67.3 Å². The van der Waals surface area contributed by atoms with Gasteiger partial charge in [0.15, 0.2) is 0 Å². The van der Waals surface area contributed by atoms with Gasteiger partial charge in [0.2, 0.25) is 0 Å². The predicted octanol–water partition coefficient (Wildman–Crippen LogP) is 2.69. The van der Waals surface area contributed by atoms with E-state index in [2.05, 4.69) is 35.0 Å². The number of likely N-dealkylation sites (N-methyl/N-ethyl adjacent to an activating group) is 1. The molecule has 0 radical (unpaired) electrons. The Morgan fingerprint density at radius 1 is 1.38 bits per heavy atom. The summed E-state index contributed by atoms with van der Waals surface area (Å²) in [4.78, 5) is 17.4. The fourth-order valence-corrected chi connectivity index (χ4v) is 4.55. The maximum absolute atomic E-state index is 12.7. The van der Waals surface area contributed by atoms with Gasteiger partial charge in [0.05, 0.1) is 17.7 Å². The Hall–Kier alpha value is -1.40. The van der Waals surface area contributed by atoms with Crippen molar-refractivity contribution >= 4 is 5.97 Å². The van der Waals surface area contributed by atoms with Crippen LogP contribution < -0.4 is 0 Å². The number of hydrogen-bond acceptors (Lipinski definition) is 6. The second-order valence-electron chi connectivity index (χ2n) is 7.97. The number of hydrogen-bond donors (Lipinski definition) is 0. The average molecular weight is 364 g/mol. The number of likely N-dealkylation sites (tertiary alicyclic amines) is 2. The molecule has 0 aliphatic carbocycles. The molecule has 0 spiro atoms. The lowest BCUT2D eigenvalue weighted by atomic mass is 9.76. The second kappa shape index (κ2) is 8.53. The van der Waals surface area contributed by atoms with Crippen LogP contribution >= 0.6 is 0 Å². The van der Waals surface area contributed by atoms with Crippen molar-refractivity contribution in [2.24, 2.45) is 5.41 Å². The molecule has 0 aromatic carbocycles. The number of piperidine rings is 2. The summed E-state index contributed by atoms with van der Waals surface area (Å²) in [6.45, 7) is 9.55. The van der Waals surface area contributed by atoms with Crippen LogP contribution in [0.5, 0.6) is 0 Å². The summed E-state index contributed by atoms with van der Waals surface area (Å²) in [6, 6.07) is 2.08. The number of nitrogens with zero attached hydrogens (tertiary/aromatic N) is 3. The fraction of sp³-hybridized carbons (Fsp3) is 0.800. The molecule has 0 bridgehead atoms. The lowest BCUT2D eigenvalue weighted by Gasteiger charge is -2.38. The first kappa shape index (κ1) is 19.4. The van der Waals surface area contributed by atoms with Crippen molar-refractivity contribution in [1.29, 1.82) is 0 Å². The van der Waals surface area contributed by atoms with Crippen LogP contribution in [0.4, 0.5) is 0 Å². The molecule has 0 unspecified atom stereocenters. The molecule has 2 aliphatic rings. The number of ether oxygens (including phenoxy) is 1. The van der Waals surface area contributed by atoms with Crippen molar-refractivity contribution < 1.29 is 14.1 Å². The molecule has 3 heterocycles. The van der Waals surface area contributed by atoms with Gasteiger partial charge in [-0.15, -0.1) is 0 Å². The van der Waals surface area contributed by atoms with Crippen molar-refractivity contribution in [1.82, 2.24) is 15.0 Å². The molecule has 146 valence electrons. The van der Waals surface area contributed by atoms with Crippen LogP contribution in [0.3, 0.4) is 0 Å². The Kier molecular flexibility index (Phi) is 6.35. The molecule has 3 rings (SSSR count). The van der Waals surface area contributed by atoms with E-state index in [1.54, 1.807) is 0 Å². The molecule has 2 atom stereocenters. The van der Waals surface area contributed by atoms with Gasteiger partial charge < -0.3 is 19.1 Å². The topological polar surface area (TPSA) is 58.8 Å². The maximum Gasteiger partial charge on any atom is 0.313 e. The summed E-state index contributed by atoms with van der Waals surface area (Å²) in [6.07, 6.45) is 4.80. The zero-order valence-electron chi connectivity index (χ0n) is 16.5. The van der Waals surface area contributed by atoms with E-state index in [4.69, 9.17) is 9.26 Å². The van der Waals surface area contributed by atoms with Crippen molar-refractivity contribution in [3.8, 4) is 0 Å². The minimum absolute atomic E-state index is 0.0978. The summed E-state index contributed by atoms with van der Waals surface area (Å²) in [5.74, 6) is 1.16. The highest BCUT2D eigenvalue weighted by Crippen LogP contribution is 2.36. The number of esters is 1. The summed E-state index contributed by atoms with van der Waals surface area (Å²) >= 11 is 0. The van der Waals surface area contributed by atoms with Crippen molar-refractivity contribution in [2.45, 2.75) is 51.9 Å². The highest BCUT2D eigenvalue weighted by Gasteiger charge is 2.44. The third kappa shape index (κ3) is 4.29. The minimum Gasteiger partial charge on any atom is -0.466 e. The Bertz CT molecular complexity index is 603. The molecule has 0 N–H and O–H groups in total. The van der Waals surface area contributed by atoms with Gasteiger partial charge in [0, 0.05) is 31.5 Å². The van der Waals surface area contributed by atoms with Crippen LogP contribution in [0, 0.1) is 5.41 Å². The van der Waals surface area contributed by atoms with E-state index in [9.17, 15) is 4.79 Å². The average Bonchev–Trinajstić information content (AvgIpc) is 3.10. The largest absolute Gasteiger partial charge is 0.466 e. The zero-order valence-corrected chi connectivity index (χ0v) is 16.5. The first-order valence-corrected chi connectivity index (χ1v) is 10.1. The summed E-state index contributed by atoms with van der Waals surface area (Å²) < 4.78 is 11.1. The highest BCUT2D eigenvalue weighted by molar-refractivity contribution is 5.77. The fourth-order valence-electron chi connectivity index (χ4n) is 4.55.